The van der Waals surface area contributed by atoms with Gasteiger partial charge in [0.2, 0.25) is 5.82 Å². The number of hydrogen-bond donors (Lipinski definition) is 2. The number of carbonyl (C=O) groups is 1. The molecule has 0 radical (unpaired) electrons. The molecule has 1 heterocycles. The number of fused-ring (bicyclic) bond motifs is 1. The Morgan fingerprint density at radius 1 is 1.08 bits per heavy atom. The van der Waals surface area contributed by atoms with E-state index in [0.29, 0.717) is 34.6 Å². The number of hydrogen-bond acceptors (Lipinski definition) is 5. The van der Waals surface area contributed by atoms with Gasteiger partial charge in [-0.25, -0.2) is 13.8 Å². The van der Waals surface area contributed by atoms with Crippen LogP contribution in [0.4, 0.5) is 14.5 Å². The van der Waals surface area contributed by atoms with E-state index >= 15 is 0 Å². The lowest BCUT2D eigenvalue weighted by Crippen LogP contribution is -2.34. The number of nitrogens with zero attached hydrogens (tertiary/aromatic N) is 3. The molecule has 0 aliphatic heterocycles. The second kappa shape index (κ2) is 12.3. The van der Waals surface area contributed by atoms with Gasteiger partial charge in [-0.2, -0.15) is 4.68 Å². The summed E-state index contributed by atoms with van der Waals surface area (Å²) in [7, 11) is 0. The Kier molecular flexibility index (Phi) is 8.69. The maximum absolute atomic E-state index is 14.2. The predicted octanol–water partition coefficient (Wildman–Crippen LogP) is 4.44. The fourth-order valence-corrected chi connectivity index (χ4v) is 3.92. The highest BCUT2D eigenvalue weighted by Gasteiger charge is 2.20. The zero-order valence-corrected chi connectivity index (χ0v) is 21.0. The van der Waals surface area contributed by atoms with Gasteiger partial charge in [0, 0.05) is 24.5 Å². The third kappa shape index (κ3) is 6.17. The minimum Gasteiger partial charge on any atom is -0.338 e. The van der Waals surface area contributed by atoms with Crippen LogP contribution in [-0.4, -0.2) is 40.1 Å². The molecule has 1 aromatic heterocycles. The van der Waals surface area contributed by atoms with Crippen molar-refractivity contribution in [1.29, 1.82) is 0 Å². The number of aromatic nitrogens is 2. The van der Waals surface area contributed by atoms with Crippen molar-refractivity contribution >= 4 is 34.1 Å². The summed E-state index contributed by atoms with van der Waals surface area (Å²) in [5, 5.41) is 0.787. The first-order valence-corrected chi connectivity index (χ1v) is 12.2. The van der Waals surface area contributed by atoms with Crippen LogP contribution in [0.2, 0.25) is 5.02 Å². The third-order valence-electron chi connectivity index (χ3n) is 5.65. The third-order valence-corrected chi connectivity index (χ3v) is 5.89. The molecule has 0 saturated carbocycles. The molecule has 0 bridgehead atoms. The van der Waals surface area contributed by atoms with Crippen molar-refractivity contribution in [2.75, 3.05) is 25.1 Å². The van der Waals surface area contributed by atoms with Crippen LogP contribution in [-0.2, 0) is 0 Å². The molecule has 1 amide bonds. The van der Waals surface area contributed by atoms with Crippen LogP contribution in [0.5, 0.6) is 0 Å². The standard InChI is InChI=1S/C28H24ClF2N5O2/c29-19-13-14-21-24(18-19)33-25(36(28(21)38)34-20-8-2-1-3-9-20)12-4-5-16-35(17-7-15-32)27(37)22-10-6-11-23(30)26(22)31/h1-3,6,8-11,13-14,18,34H,5,7,15-17,32H2. The van der Waals surface area contributed by atoms with E-state index < -0.39 is 17.5 Å². The van der Waals surface area contributed by atoms with Crippen molar-refractivity contribution in [3.63, 3.8) is 0 Å². The number of nitrogens with one attached hydrogen (secondary N) is 1. The Morgan fingerprint density at radius 2 is 1.87 bits per heavy atom. The van der Waals surface area contributed by atoms with Gasteiger partial charge in [-0.3, -0.25) is 15.0 Å². The van der Waals surface area contributed by atoms with Gasteiger partial charge in [-0.15, -0.1) is 0 Å². The maximum atomic E-state index is 14.2. The van der Waals surface area contributed by atoms with Crippen molar-refractivity contribution < 1.29 is 13.6 Å². The first kappa shape index (κ1) is 26.8. The molecular weight excluding hydrogens is 512 g/mol. The molecule has 3 aromatic carbocycles. The second-order valence-corrected chi connectivity index (χ2v) is 8.74. The number of carbonyl (C=O) groups excluding carboxylic acids is 1. The molecule has 0 atom stereocenters. The Hall–Kier alpha value is -4.26. The summed E-state index contributed by atoms with van der Waals surface area (Å²) < 4.78 is 29.2. The molecule has 0 unspecified atom stereocenters. The summed E-state index contributed by atoms with van der Waals surface area (Å²) in [5.74, 6) is 3.03. The van der Waals surface area contributed by atoms with Crippen LogP contribution >= 0.6 is 11.6 Å². The van der Waals surface area contributed by atoms with E-state index in [0.717, 1.165) is 6.07 Å². The minimum atomic E-state index is -1.20. The van der Waals surface area contributed by atoms with E-state index in [1.165, 1.54) is 21.7 Å². The van der Waals surface area contributed by atoms with E-state index in [9.17, 15) is 18.4 Å². The molecule has 0 aliphatic carbocycles. The number of rotatable bonds is 8. The lowest BCUT2D eigenvalue weighted by atomic mass is 10.1. The zero-order chi connectivity index (χ0) is 27.1. The summed E-state index contributed by atoms with van der Waals surface area (Å²) in [6, 6.07) is 17.3. The smallest absolute Gasteiger partial charge is 0.281 e. The van der Waals surface area contributed by atoms with E-state index in [1.54, 1.807) is 30.3 Å². The second-order valence-electron chi connectivity index (χ2n) is 8.30. The minimum absolute atomic E-state index is 0.136. The van der Waals surface area contributed by atoms with Crippen LogP contribution in [0, 0.1) is 23.5 Å². The number of halogens is 3. The van der Waals surface area contributed by atoms with Gasteiger partial charge >= 0.3 is 0 Å². The summed E-state index contributed by atoms with van der Waals surface area (Å²) in [6.07, 6.45) is 0.658. The zero-order valence-electron chi connectivity index (χ0n) is 20.3. The monoisotopic (exact) mass is 535 g/mol. The summed E-state index contributed by atoms with van der Waals surface area (Å²) >= 11 is 6.10. The van der Waals surface area contributed by atoms with E-state index in [4.69, 9.17) is 17.3 Å². The molecule has 3 N–H and O–H groups in total. The van der Waals surface area contributed by atoms with Crippen LogP contribution in [0.3, 0.4) is 0 Å². The van der Waals surface area contributed by atoms with Gasteiger partial charge in [0.25, 0.3) is 11.5 Å². The van der Waals surface area contributed by atoms with Gasteiger partial charge in [0.05, 0.1) is 22.2 Å². The van der Waals surface area contributed by atoms with Crippen LogP contribution in [0.15, 0.2) is 71.5 Å². The molecule has 0 aliphatic rings. The topological polar surface area (TPSA) is 93.2 Å². The van der Waals surface area contributed by atoms with Crippen molar-refractivity contribution in [3.05, 3.63) is 105 Å². The molecule has 4 rings (SSSR count). The SMILES string of the molecule is NCCCN(CCC#Cc1nc2cc(Cl)ccc2c(=O)n1Nc1ccccc1)C(=O)c1cccc(F)c1F. The van der Waals surface area contributed by atoms with E-state index in [2.05, 4.69) is 22.3 Å². The van der Waals surface area contributed by atoms with E-state index in [1.807, 2.05) is 18.2 Å². The highest BCUT2D eigenvalue weighted by atomic mass is 35.5. The largest absolute Gasteiger partial charge is 0.338 e. The van der Waals surface area contributed by atoms with Crippen molar-refractivity contribution in [3.8, 4) is 11.8 Å². The number of benzene rings is 3. The first-order chi connectivity index (χ1) is 18.4. The Labute approximate surface area is 222 Å². The molecule has 0 fully saturated rings. The highest BCUT2D eigenvalue weighted by Crippen LogP contribution is 2.17. The lowest BCUT2D eigenvalue weighted by Gasteiger charge is -2.22. The van der Waals surface area contributed by atoms with Gasteiger partial charge < -0.3 is 10.6 Å². The molecule has 38 heavy (non-hydrogen) atoms. The number of anilines is 1. The number of para-hydroxylation sites is 1. The highest BCUT2D eigenvalue weighted by molar-refractivity contribution is 6.31. The van der Waals surface area contributed by atoms with Gasteiger partial charge in [-0.05, 0) is 61.4 Å². The Bertz CT molecular complexity index is 1580. The van der Waals surface area contributed by atoms with Crippen LogP contribution in [0.1, 0.15) is 29.0 Å². The van der Waals surface area contributed by atoms with Crippen molar-refractivity contribution in [2.24, 2.45) is 5.73 Å². The fourth-order valence-electron chi connectivity index (χ4n) is 3.76. The average molecular weight is 536 g/mol. The van der Waals surface area contributed by atoms with Crippen LogP contribution in [0.25, 0.3) is 10.9 Å². The maximum Gasteiger partial charge on any atom is 0.281 e. The molecule has 7 nitrogen and oxygen atoms in total. The van der Waals surface area contributed by atoms with E-state index in [-0.39, 0.29) is 36.5 Å². The Morgan fingerprint density at radius 3 is 2.63 bits per heavy atom. The van der Waals surface area contributed by atoms with Gasteiger partial charge in [0.15, 0.2) is 11.6 Å². The molecular formula is C28H24ClF2N5O2. The summed E-state index contributed by atoms with van der Waals surface area (Å²) in [6.45, 7) is 0.708. The quantitative estimate of drug-likeness (QED) is 0.325. The number of nitrogens with two attached hydrogens (primary N) is 1. The van der Waals surface area contributed by atoms with Gasteiger partial charge in [-0.1, -0.05) is 41.8 Å². The first-order valence-electron chi connectivity index (χ1n) is 11.9. The molecule has 0 saturated heterocycles. The van der Waals surface area contributed by atoms with Crippen LogP contribution < -0.4 is 16.7 Å². The molecule has 194 valence electrons. The molecule has 10 heteroatoms. The molecule has 0 spiro atoms. The normalized spacial score (nSPS) is 10.6. The summed E-state index contributed by atoms with van der Waals surface area (Å²) in [4.78, 5) is 32.1. The molecule has 4 aromatic rings. The lowest BCUT2D eigenvalue weighted by molar-refractivity contribution is 0.0752. The van der Waals surface area contributed by atoms with Crippen molar-refractivity contribution in [1.82, 2.24) is 14.6 Å². The predicted molar refractivity (Wildman–Crippen MR) is 144 cm³/mol. The fraction of sp³-hybridized carbons (Fsp3) is 0.179. The Balaban J connectivity index is 1.62. The van der Waals surface area contributed by atoms with Gasteiger partial charge in [0.1, 0.15) is 0 Å². The number of amides is 1. The average Bonchev–Trinajstić information content (AvgIpc) is 2.92. The summed E-state index contributed by atoms with van der Waals surface area (Å²) in [5.41, 5.74) is 8.95. The van der Waals surface area contributed by atoms with Crippen molar-refractivity contribution in [2.45, 2.75) is 12.8 Å².